The third-order valence-electron chi connectivity index (χ3n) is 4.28. The molecular weight excluding hydrogens is 324 g/mol. The second kappa shape index (κ2) is 6.88. The Morgan fingerprint density at radius 1 is 0.962 bits per heavy atom. The van der Waals surface area contributed by atoms with E-state index in [0.29, 0.717) is 12.8 Å². The van der Waals surface area contributed by atoms with E-state index in [9.17, 15) is 4.79 Å². The maximum atomic E-state index is 12.3. The maximum Gasteiger partial charge on any atom is 0.143 e. The summed E-state index contributed by atoms with van der Waals surface area (Å²) in [5.41, 5.74) is 4.62. The molecule has 0 atom stereocenters. The van der Waals surface area contributed by atoms with E-state index in [4.69, 9.17) is 0 Å². The molecule has 4 aromatic rings. The van der Waals surface area contributed by atoms with Gasteiger partial charge < -0.3 is 0 Å². The number of fused-ring (bicyclic) bond motifs is 1. The van der Waals surface area contributed by atoms with Crippen molar-refractivity contribution < 1.29 is 4.79 Å². The van der Waals surface area contributed by atoms with E-state index in [1.54, 1.807) is 10.9 Å². The number of carbonyl (C=O) groups excluding carboxylic acids is 1. The molecule has 0 radical (unpaired) electrons. The van der Waals surface area contributed by atoms with E-state index in [0.717, 1.165) is 33.3 Å². The number of pyridine rings is 2. The van der Waals surface area contributed by atoms with Crippen LogP contribution in [0.25, 0.3) is 22.0 Å². The van der Waals surface area contributed by atoms with Crippen molar-refractivity contribution in [2.45, 2.75) is 12.8 Å². The number of carbonyl (C=O) groups is 1. The van der Waals surface area contributed by atoms with E-state index in [1.807, 2.05) is 62.0 Å². The van der Waals surface area contributed by atoms with Crippen molar-refractivity contribution in [3.63, 3.8) is 0 Å². The first-order valence-corrected chi connectivity index (χ1v) is 8.47. The molecule has 1 aromatic carbocycles. The number of nitrogens with zero attached hydrogens (tertiary/aromatic N) is 4. The van der Waals surface area contributed by atoms with Gasteiger partial charge in [0.2, 0.25) is 0 Å². The smallest absolute Gasteiger partial charge is 0.143 e. The van der Waals surface area contributed by atoms with Crippen LogP contribution in [0.4, 0.5) is 0 Å². The molecule has 26 heavy (non-hydrogen) atoms. The third kappa shape index (κ3) is 3.52. The van der Waals surface area contributed by atoms with Crippen molar-refractivity contribution >= 4 is 16.7 Å². The minimum absolute atomic E-state index is 0.152. The van der Waals surface area contributed by atoms with Crippen LogP contribution >= 0.6 is 0 Å². The van der Waals surface area contributed by atoms with Gasteiger partial charge in [0.25, 0.3) is 0 Å². The Labute approximate surface area is 151 Å². The van der Waals surface area contributed by atoms with Gasteiger partial charge >= 0.3 is 0 Å². The van der Waals surface area contributed by atoms with Crippen LogP contribution in [0.1, 0.15) is 11.3 Å². The summed E-state index contributed by atoms with van der Waals surface area (Å²) >= 11 is 0. The number of aryl methyl sites for hydroxylation is 1. The molecule has 0 bridgehead atoms. The average Bonchev–Trinajstić information content (AvgIpc) is 3.08. The van der Waals surface area contributed by atoms with Gasteiger partial charge in [-0.2, -0.15) is 5.10 Å². The van der Waals surface area contributed by atoms with Gasteiger partial charge in [0.1, 0.15) is 5.78 Å². The summed E-state index contributed by atoms with van der Waals surface area (Å²) in [5.74, 6) is 0.152. The van der Waals surface area contributed by atoms with Crippen LogP contribution in [0.5, 0.6) is 0 Å². The fourth-order valence-electron chi connectivity index (χ4n) is 2.99. The van der Waals surface area contributed by atoms with E-state index in [-0.39, 0.29) is 5.78 Å². The molecule has 0 aliphatic carbocycles. The fraction of sp³-hybridized carbons (Fsp3) is 0.143. The van der Waals surface area contributed by atoms with Crippen LogP contribution in [-0.2, 0) is 24.7 Å². The fourth-order valence-corrected chi connectivity index (χ4v) is 2.99. The number of aromatic nitrogens is 4. The molecule has 3 heterocycles. The van der Waals surface area contributed by atoms with Crippen molar-refractivity contribution in [2.75, 3.05) is 0 Å². The zero-order valence-electron chi connectivity index (χ0n) is 14.5. The Bertz CT molecular complexity index is 1070. The van der Waals surface area contributed by atoms with Gasteiger partial charge in [0, 0.05) is 54.5 Å². The van der Waals surface area contributed by atoms with Gasteiger partial charge in [-0.1, -0.05) is 30.3 Å². The topological polar surface area (TPSA) is 60.7 Å². The van der Waals surface area contributed by atoms with Crippen LogP contribution in [0.15, 0.2) is 67.3 Å². The lowest BCUT2D eigenvalue weighted by molar-refractivity contribution is -0.117. The highest BCUT2D eigenvalue weighted by Crippen LogP contribution is 2.22. The minimum atomic E-state index is 0.152. The number of benzene rings is 1. The number of ketones is 1. The molecule has 0 saturated heterocycles. The van der Waals surface area contributed by atoms with E-state index in [2.05, 4.69) is 21.1 Å². The molecule has 0 spiro atoms. The van der Waals surface area contributed by atoms with E-state index in [1.165, 1.54) is 0 Å². The number of hydrogen-bond acceptors (Lipinski definition) is 4. The predicted molar refractivity (Wildman–Crippen MR) is 101 cm³/mol. The summed E-state index contributed by atoms with van der Waals surface area (Å²) in [7, 11) is 1.89. The van der Waals surface area contributed by atoms with Gasteiger partial charge in [0.05, 0.1) is 17.9 Å². The number of hydrogen-bond donors (Lipinski definition) is 0. The molecule has 3 aromatic heterocycles. The molecule has 4 rings (SSSR count). The van der Waals surface area contributed by atoms with Crippen LogP contribution in [-0.4, -0.2) is 25.5 Å². The van der Waals surface area contributed by atoms with Crippen molar-refractivity contribution in [1.82, 2.24) is 19.7 Å². The highest BCUT2D eigenvalue weighted by molar-refractivity contribution is 5.86. The van der Waals surface area contributed by atoms with Crippen LogP contribution in [0, 0.1) is 0 Å². The Balaban J connectivity index is 1.57. The second-order valence-corrected chi connectivity index (χ2v) is 6.37. The van der Waals surface area contributed by atoms with Gasteiger partial charge in [-0.3, -0.25) is 19.4 Å². The van der Waals surface area contributed by atoms with Gasteiger partial charge in [-0.05, 0) is 17.7 Å². The number of rotatable bonds is 5. The Kier molecular flexibility index (Phi) is 4.27. The van der Waals surface area contributed by atoms with Crippen LogP contribution < -0.4 is 0 Å². The lowest BCUT2D eigenvalue weighted by Crippen LogP contribution is -2.07. The molecule has 0 N–H and O–H groups in total. The summed E-state index contributed by atoms with van der Waals surface area (Å²) in [4.78, 5) is 21.2. The first-order chi connectivity index (χ1) is 12.7. The molecule has 0 aliphatic rings. The quantitative estimate of drug-likeness (QED) is 0.558. The molecule has 128 valence electrons. The largest absolute Gasteiger partial charge is 0.299 e. The predicted octanol–water partition coefficient (Wildman–Crippen LogP) is 3.38. The van der Waals surface area contributed by atoms with E-state index >= 15 is 0 Å². The van der Waals surface area contributed by atoms with E-state index < -0.39 is 0 Å². The van der Waals surface area contributed by atoms with Crippen LogP contribution in [0.2, 0.25) is 0 Å². The van der Waals surface area contributed by atoms with Crippen molar-refractivity contribution in [3.8, 4) is 11.1 Å². The first kappa shape index (κ1) is 16.1. The highest BCUT2D eigenvalue weighted by atomic mass is 16.1. The zero-order chi connectivity index (χ0) is 17.9. The number of Topliss-reactive ketones (excluding diaryl/α,β-unsaturated/α-hetero) is 1. The highest BCUT2D eigenvalue weighted by Gasteiger charge is 2.09. The van der Waals surface area contributed by atoms with Gasteiger partial charge in [-0.15, -0.1) is 0 Å². The van der Waals surface area contributed by atoms with Gasteiger partial charge in [0.15, 0.2) is 0 Å². The first-order valence-electron chi connectivity index (χ1n) is 8.47. The Hall–Kier alpha value is -3.34. The summed E-state index contributed by atoms with van der Waals surface area (Å²) in [5, 5.41) is 5.18. The SMILES string of the molecule is Cn1cc(-c2cnc3cnc(CC(=O)Cc4ccccc4)cc3c2)cn1. The summed E-state index contributed by atoms with van der Waals surface area (Å²) < 4.78 is 1.76. The Morgan fingerprint density at radius 3 is 2.58 bits per heavy atom. The van der Waals surface area contributed by atoms with Crippen LogP contribution in [0.3, 0.4) is 0 Å². The van der Waals surface area contributed by atoms with Crippen molar-refractivity contribution in [3.05, 3.63) is 78.5 Å². The molecule has 0 saturated carbocycles. The lowest BCUT2D eigenvalue weighted by atomic mass is 10.0. The minimum Gasteiger partial charge on any atom is -0.299 e. The Morgan fingerprint density at radius 2 is 1.81 bits per heavy atom. The standard InChI is InChI=1S/C21H18N4O/c1-25-14-18(12-24-25)17-8-16-9-19(22-13-21(16)23-11-17)10-20(26)7-15-5-3-2-4-6-15/h2-6,8-9,11-14H,7,10H2,1H3. The molecular formula is C21H18N4O. The van der Waals surface area contributed by atoms with Gasteiger partial charge in [-0.25, -0.2) is 0 Å². The lowest BCUT2D eigenvalue weighted by Gasteiger charge is -2.05. The normalized spacial score (nSPS) is 11.0. The molecule has 0 aliphatic heterocycles. The van der Waals surface area contributed by atoms with Crippen molar-refractivity contribution in [2.24, 2.45) is 7.05 Å². The molecule has 0 unspecified atom stereocenters. The third-order valence-corrected chi connectivity index (χ3v) is 4.28. The van der Waals surface area contributed by atoms with Crippen molar-refractivity contribution in [1.29, 1.82) is 0 Å². The summed E-state index contributed by atoms with van der Waals surface area (Å²) in [6.07, 6.45) is 8.06. The molecule has 5 nitrogen and oxygen atoms in total. The molecule has 0 amide bonds. The second-order valence-electron chi connectivity index (χ2n) is 6.37. The average molecular weight is 342 g/mol. The monoisotopic (exact) mass is 342 g/mol. The molecule has 5 heteroatoms. The summed E-state index contributed by atoms with van der Waals surface area (Å²) in [6.45, 7) is 0. The molecule has 0 fully saturated rings. The maximum absolute atomic E-state index is 12.3. The zero-order valence-corrected chi connectivity index (χ0v) is 14.5. The summed E-state index contributed by atoms with van der Waals surface area (Å²) in [6, 6.07) is 13.8.